The van der Waals surface area contributed by atoms with Gasteiger partial charge in [0, 0.05) is 12.5 Å². The maximum atomic E-state index is 12.2. The summed E-state index contributed by atoms with van der Waals surface area (Å²) in [6.45, 7) is 0.596. The molecule has 28 heavy (non-hydrogen) atoms. The van der Waals surface area contributed by atoms with Crippen LogP contribution in [0.3, 0.4) is 0 Å². The highest BCUT2D eigenvalue weighted by Gasteiger charge is 2.15. The molecule has 3 rings (SSSR count). The Bertz CT molecular complexity index is 847. The fraction of sp³-hybridized carbons (Fsp3) is 0.250. The minimum Gasteiger partial charge on any atom is -0.355 e. The zero-order valence-electron chi connectivity index (χ0n) is 15.6. The van der Waals surface area contributed by atoms with E-state index in [4.69, 9.17) is 5.84 Å². The van der Waals surface area contributed by atoms with Crippen molar-refractivity contribution >= 4 is 29.4 Å². The van der Waals surface area contributed by atoms with Gasteiger partial charge in [0.15, 0.2) is 0 Å². The monoisotopic (exact) mass is 413 g/mol. The Balaban J connectivity index is 1.54. The molecule has 1 aromatic heterocycles. The van der Waals surface area contributed by atoms with Gasteiger partial charge >= 0.3 is 0 Å². The number of nitrogens with zero attached hydrogens (tertiary/aromatic N) is 3. The maximum Gasteiger partial charge on any atom is 0.230 e. The van der Waals surface area contributed by atoms with Gasteiger partial charge in [0.25, 0.3) is 0 Å². The molecule has 0 aliphatic heterocycles. The van der Waals surface area contributed by atoms with E-state index in [9.17, 15) is 4.79 Å². The van der Waals surface area contributed by atoms with Crippen LogP contribution in [0.1, 0.15) is 23.5 Å². The van der Waals surface area contributed by atoms with Gasteiger partial charge in [-0.1, -0.05) is 84.2 Å². The van der Waals surface area contributed by atoms with Crippen LogP contribution in [0.15, 0.2) is 71.0 Å². The van der Waals surface area contributed by atoms with Crippen LogP contribution in [0.5, 0.6) is 0 Å². The summed E-state index contributed by atoms with van der Waals surface area (Å²) < 4.78 is 1.41. The van der Waals surface area contributed by atoms with E-state index in [0.29, 0.717) is 16.9 Å². The third kappa shape index (κ3) is 5.30. The van der Waals surface area contributed by atoms with Gasteiger partial charge in [0.2, 0.25) is 16.2 Å². The second-order valence-electron chi connectivity index (χ2n) is 6.14. The molecule has 1 heterocycles. The number of aromatic nitrogens is 3. The van der Waals surface area contributed by atoms with Crippen LogP contribution in [-0.4, -0.2) is 39.3 Å². The summed E-state index contributed by atoms with van der Waals surface area (Å²) in [5.74, 6) is 6.34. The van der Waals surface area contributed by atoms with Crippen molar-refractivity contribution in [3.8, 4) is 0 Å². The standard InChI is InChI=1S/C20H23N5OS2/c1-27-19-23-24-20(25(19)21)28-14-18(26)22-13-12-17(15-8-4-2-5-9-15)16-10-6-3-7-11-16/h2-11,17H,12-14,21H2,1H3,(H,22,26). The molecule has 0 aliphatic carbocycles. The predicted molar refractivity (Wildman–Crippen MR) is 115 cm³/mol. The number of hydrogen-bond acceptors (Lipinski definition) is 6. The Kier molecular flexibility index (Phi) is 7.39. The third-order valence-electron chi connectivity index (χ3n) is 4.31. The first-order valence-corrected chi connectivity index (χ1v) is 11.1. The minimum absolute atomic E-state index is 0.0430. The van der Waals surface area contributed by atoms with E-state index in [1.54, 1.807) is 0 Å². The second kappa shape index (κ2) is 10.2. The fourth-order valence-corrected chi connectivity index (χ4v) is 4.08. The van der Waals surface area contributed by atoms with Crippen molar-refractivity contribution in [2.75, 3.05) is 24.4 Å². The van der Waals surface area contributed by atoms with Gasteiger partial charge in [0.1, 0.15) is 0 Å². The van der Waals surface area contributed by atoms with Crippen molar-refractivity contribution < 1.29 is 4.79 Å². The molecule has 8 heteroatoms. The van der Waals surface area contributed by atoms with E-state index < -0.39 is 0 Å². The number of rotatable bonds is 9. The number of hydrogen-bond donors (Lipinski definition) is 2. The van der Waals surface area contributed by atoms with E-state index in [-0.39, 0.29) is 17.6 Å². The lowest BCUT2D eigenvalue weighted by atomic mass is 9.88. The van der Waals surface area contributed by atoms with Gasteiger partial charge in [-0.2, -0.15) is 0 Å². The highest BCUT2D eigenvalue weighted by molar-refractivity contribution is 8.00. The molecule has 146 valence electrons. The zero-order chi connectivity index (χ0) is 19.8. The summed E-state index contributed by atoms with van der Waals surface area (Å²) in [5.41, 5.74) is 2.50. The molecule has 3 aromatic rings. The van der Waals surface area contributed by atoms with Crippen molar-refractivity contribution in [1.29, 1.82) is 0 Å². The number of nitrogens with one attached hydrogen (secondary N) is 1. The smallest absolute Gasteiger partial charge is 0.230 e. The minimum atomic E-state index is -0.0430. The summed E-state index contributed by atoms with van der Waals surface area (Å²) in [7, 11) is 0. The third-order valence-corrected chi connectivity index (χ3v) is 5.89. The molecule has 0 fully saturated rings. The van der Waals surface area contributed by atoms with Crippen LogP contribution in [0, 0.1) is 0 Å². The maximum absolute atomic E-state index is 12.2. The highest BCUT2D eigenvalue weighted by Crippen LogP contribution is 2.27. The Morgan fingerprint density at radius 3 is 2.14 bits per heavy atom. The van der Waals surface area contributed by atoms with Crippen LogP contribution < -0.4 is 11.2 Å². The van der Waals surface area contributed by atoms with Crippen molar-refractivity contribution in [3.63, 3.8) is 0 Å². The predicted octanol–water partition coefficient (Wildman–Crippen LogP) is 3.14. The molecule has 0 unspecified atom stereocenters. The van der Waals surface area contributed by atoms with Gasteiger partial charge in [-0.25, -0.2) is 4.68 Å². The van der Waals surface area contributed by atoms with E-state index >= 15 is 0 Å². The first-order valence-electron chi connectivity index (χ1n) is 8.93. The van der Waals surface area contributed by atoms with Crippen LogP contribution >= 0.6 is 23.5 Å². The molecule has 0 bridgehead atoms. The van der Waals surface area contributed by atoms with Crippen molar-refractivity contribution in [2.24, 2.45) is 0 Å². The molecule has 0 radical (unpaired) electrons. The van der Waals surface area contributed by atoms with E-state index in [0.717, 1.165) is 6.42 Å². The molecule has 2 aromatic carbocycles. The molecule has 1 amide bonds. The quantitative estimate of drug-likeness (QED) is 0.414. The van der Waals surface area contributed by atoms with E-state index in [1.807, 2.05) is 42.7 Å². The Labute approximate surface area is 173 Å². The van der Waals surface area contributed by atoms with Gasteiger partial charge < -0.3 is 11.2 Å². The van der Waals surface area contributed by atoms with Crippen molar-refractivity contribution in [1.82, 2.24) is 20.2 Å². The summed E-state index contributed by atoms with van der Waals surface area (Å²) in [6, 6.07) is 20.8. The van der Waals surface area contributed by atoms with Gasteiger partial charge in [-0.3, -0.25) is 4.79 Å². The molecule has 0 aliphatic rings. The number of amides is 1. The molecule has 0 atom stereocenters. The SMILES string of the molecule is CSc1nnc(SCC(=O)NCCC(c2ccccc2)c2ccccc2)n1N. The Morgan fingerprint density at radius 1 is 1.04 bits per heavy atom. The van der Waals surface area contributed by atoms with E-state index in [1.165, 1.54) is 39.3 Å². The Morgan fingerprint density at radius 2 is 1.61 bits per heavy atom. The molecule has 6 nitrogen and oxygen atoms in total. The summed E-state index contributed by atoms with van der Waals surface area (Å²) >= 11 is 2.70. The summed E-state index contributed by atoms with van der Waals surface area (Å²) in [5, 5.41) is 12.1. The lowest BCUT2D eigenvalue weighted by Crippen LogP contribution is -2.27. The number of carbonyl (C=O) groups is 1. The zero-order valence-corrected chi connectivity index (χ0v) is 17.2. The molecular weight excluding hydrogens is 390 g/mol. The van der Waals surface area contributed by atoms with Gasteiger partial charge in [-0.15, -0.1) is 10.2 Å². The molecule has 0 saturated carbocycles. The molecule has 3 N–H and O–H groups in total. The number of benzene rings is 2. The number of nitrogens with two attached hydrogens (primary N) is 1. The lowest BCUT2D eigenvalue weighted by Gasteiger charge is -2.18. The number of carbonyl (C=O) groups excluding carboxylic acids is 1. The largest absolute Gasteiger partial charge is 0.355 e. The molecule has 0 spiro atoms. The van der Waals surface area contributed by atoms with Crippen molar-refractivity contribution in [3.05, 3.63) is 71.8 Å². The van der Waals surface area contributed by atoms with Gasteiger partial charge in [-0.05, 0) is 23.8 Å². The normalized spacial score (nSPS) is 10.9. The van der Waals surface area contributed by atoms with Crippen LogP contribution in [0.2, 0.25) is 0 Å². The summed E-state index contributed by atoms with van der Waals surface area (Å²) in [6.07, 6.45) is 2.71. The lowest BCUT2D eigenvalue weighted by molar-refractivity contribution is -0.118. The first-order chi connectivity index (χ1) is 13.7. The summed E-state index contributed by atoms with van der Waals surface area (Å²) in [4.78, 5) is 12.2. The average molecular weight is 414 g/mol. The van der Waals surface area contributed by atoms with Crippen molar-refractivity contribution in [2.45, 2.75) is 22.7 Å². The van der Waals surface area contributed by atoms with Crippen LogP contribution in [-0.2, 0) is 4.79 Å². The fourth-order valence-electron chi connectivity index (χ4n) is 2.93. The second-order valence-corrected chi connectivity index (χ2v) is 7.86. The van der Waals surface area contributed by atoms with Crippen LogP contribution in [0.4, 0.5) is 0 Å². The average Bonchev–Trinajstić information content (AvgIpc) is 3.10. The molecule has 0 saturated heterocycles. The number of thioether (sulfide) groups is 2. The Hall–Kier alpha value is -2.45. The highest BCUT2D eigenvalue weighted by atomic mass is 32.2. The van der Waals surface area contributed by atoms with E-state index in [2.05, 4.69) is 39.8 Å². The number of nitrogen functional groups attached to an aromatic ring is 1. The molecular formula is C20H23N5OS2. The van der Waals surface area contributed by atoms with Crippen LogP contribution in [0.25, 0.3) is 0 Å². The van der Waals surface area contributed by atoms with Gasteiger partial charge in [0.05, 0.1) is 5.75 Å². The topological polar surface area (TPSA) is 85.8 Å². The first kappa shape index (κ1) is 20.3.